The van der Waals surface area contributed by atoms with Crippen molar-refractivity contribution >= 4 is 16.9 Å². The lowest BCUT2D eigenvalue weighted by atomic mass is 10.1. The van der Waals surface area contributed by atoms with E-state index < -0.39 is 11.2 Å². The molecule has 0 aliphatic heterocycles. The van der Waals surface area contributed by atoms with E-state index in [-0.39, 0.29) is 23.5 Å². The molecular formula is C16H19N5O3. The Hall–Kier alpha value is -2.90. The summed E-state index contributed by atoms with van der Waals surface area (Å²) in [5, 5.41) is 0. The van der Waals surface area contributed by atoms with Crippen molar-refractivity contribution in [2.24, 2.45) is 21.1 Å². The van der Waals surface area contributed by atoms with Gasteiger partial charge in [-0.3, -0.25) is 18.7 Å². The number of aryl methyl sites for hydroxylation is 2. The number of carbonyl (C=O) groups is 1. The minimum atomic E-state index is -0.459. The highest BCUT2D eigenvalue weighted by molar-refractivity contribution is 5.97. The molecule has 0 saturated heterocycles. The summed E-state index contributed by atoms with van der Waals surface area (Å²) in [4.78, 5) is 41.1. The average molecular weight is 329 g/mol. The number of rotatable bonds is 3. The van der Waals surface area contributed by atoms with Gasteiger partial charge < -0.3 is 9.13 Å². The van der Waals surface area contributed by atoms with E-state index in [2.05, 4.69) is 4.98 Å². The van der Waals surface area contributed by atoms with E-state index in [4.69, 9.17) is 0 Å². The first kappa shape index (κ1) is 16.0. The first-order valence-electron chi connectivity index (χ1n) is 7.51. The number of aromatic nitrogens is 5. The van der Waals surface area contributed by atoms with Gasteiger partial charge in [-0.25, -0.2) is 9.78 Å². The molecule has 0 radical (unpaired) electrons. The van der Waals surface area contributed by atoms with Crippen LogP contribution in [0.25, 0.3) is 11.2 Å². The lowest BCUT2D eigenvalue weighted by molar-refractivity contribution is 0.0972. The predicted octanol–water partition coefficient (Wildman–Crippen LogP) is 0.272. The molecule has 0 bridgehead atoms. The molecule has 3 aromatic rings. The van der Waals surface area contributed by atoms with Crippen LogP contribution in [0.15, 0.2) is 22.0 Å². The van der Waals surface area contributed by atoms with Crippen LogP contribution < -0.4 is 11.2 Å². The molecule has 0 aromatic carbocycles. The van der Waals surface area contributed by atoms with E-state index in [1.807, 2.05) is 31.5 Å². The maximum atomic E-state index is 12.7. The third-order valence-electron chi connectivity index (χ3n) is 4.61. The van der Waals surface area contributed by atoms with E-state index in [0.29, 0.717) is 5.56 Å². The van der Waals surface area contributed by atoms with Crippen LogP contribution in [0.1, 0.15) is 21.7 Å². The molecule has 126 valence electrons. The van der Waals surface area contributed by atoms with Crippen LogP contribution in [0.5, 0.6) is 0 Å². The topological polar surface area (TPSA) is 83.8 Å². The number of nitrogens with zero attached hydrogens (tertiary/aromatic N) is 5. The highest BCUT2D eigenvalue weighted by atomic mass is 16.2. The van der Waals surface area contributed by atoms with Gasteiger partial charge in [0.15, 0.2) is 16.9 Å². The Labute approximate surface area is 137 Å². The predicted molar refractivity (Wildman–Crippen MR) is 89.4 cm³/mol. The summed E-state index contributed by atoms with van der Waals surface area (Å²) in [5.41, 5.74) is 2.11. The number of fused-ring (bicyclic) bond motifs is 1. The summed E-state index contributed by atoms with van der Waals surface area (Å²) in [6.45, 7) is 3.81. The molecule has 0 aliphatic rings. The molecule has 3 heterocycles. The first-order chi connectivity index (χ1) is 11.2. The number of Topliss-reactive ketones (excluding diaryl/α,β-unsaturated/α-hetero) is 1. The van der Waals surface area contributed by atoms with Crippen LogP contribution in [0, 0.1) is 13.8 Å². The average Bonchev–Trinajstić information content (AvgIpc) is 3.07. The monoisotopic (exact) mass is 329 g/mol. The van der Waals surface area contributed by atoms with Crippen LogP contribution in [0.4, 0.5) is 0 Å². The number of imidazole rings is 1. The van der Waals surface area contributed by atoms with E-state index in [1.54, 1.807) is 7.05 Å². The van der Waals surface area contributed by atoms with Gasteiger partial charge in [-0.05, 0) is 19.9 Å². The van der Waals surface area contributed by atoms with Gasteiger partial charge in [0.1, 0.15) is 0 Å². The molecule has 24 heavy (non-hydrogen) atoms. The van der Waals surface area contributed by atoms with Crippen LogP contribution in [-0.4, -0.2) is 29.0 Å². The van der Waals surface area contributed by atoms with E-state index >= 15 is 0 Å². The Balaban J connectivity index is 2.11. The summed E-state index contributed by atoms with van der Waals surface area (Å²) in [6.07, 6.45) is 1.43. The van der Waals surface area contributed by atoms with Gasteiger partial charge in [-0.2, -0.15) is 0 Å². The van der Waals surface area contributed by atoms with Gasteiger partial charge >= 0.3 is 5.69 Å². The van der Waals surface area contributed by atoms with Crippen LogP contribution in [0.2, 0.25) is 0 Å². The molecule has 0 N–H and O–H groups in total. The van der Waals surface area contributed by atoms with Gasteiger partial charge in [-0.1, -0.05) is 0 Å². The Bertz CT molecular complexity index is 1090. The van der Waals surface area contributed by atoms with Crippen molar-refractivity contribution in [1.82, 2.24) is 23.3 Å². The zero-order valence-electron chi connectivity index (χ0n) is 14.3. The Kier molecular flexibility index (Phi) is 3.55. The third kappa shape index (κ3) is 2.14. The maximum absolute atomic E-state index is 12.7. The summed E-state index contributed by atoms with van der Waals surface area (Å²) in [7, 11) is 4.86. The molecule has 0 spiro atoms. The summed E-state index contributed by atoms with van der Waals surface area (Å²) in [5.74, 6) is -0.105. The second kappa shape index (κ2) is 5.33. The highest BCUT2D eigenvalue weighted by Gasteiger charge is 2.19. The first-order valence-corrected chi connectivity index (χ1v) is 7.51. The van der Waals surface area contributed by atoms with Gasteiger partial charge in [-0.15, -0.1) is 0 Å². The van der Waals surface area contributed by atoms with Crippen molar-refractivity contribution in [2.75, 3.05) is 0 Å². The minimum Gasteiger partial charge on any atom is -0.351 e. The number of carbonyl (C=O) groups excluding carboxylic acids is 1. The lowest BCUT2D eigenvalue weighted by Crippen LogP contribution is -2.37. The van der Waals surface area contributed by atoms with Gasteiger partial charge in [0.05, 0.1) is 12.9 Å². The molecule has 0 saturated carbocycles. The van der Waals surface area contributed by atoms with Crippen LogP contribution in [-0.2, 0) is 27.7 Å². The second-order valence-corrected chi connectivity index (χ2v) is 6.02. The van der Waals surface area contributed by atoms with Crippen molar-refractivity contribution in [3.8, 4) is 0 Å². The second-order valence-electron chi connectivity index (χ2n) is 6.02. The molecule has 8 nitrogen and oxygen atoms in total. The molecule has 0 atom stereocenters. The quantitative estimate of drug-likeness (QED) is 0.646. The zero-order valence-corrected chi connectivity index (χ0v) is 14.3. The van der Waals surface area contributed by atoms with E-state index in [9.17, 15) is 14.4 Å². The SMILES string of the molecule is Cc1cc(C(=O)Cn2cnc3c2c(=O)n(C)c(=O)n3C)c(C)n1C. The molecule has 8 heteroatoms. The summed E-state index contributed by atoms with van der Waals surface area (Å²) < 4.78 is 5.77. The number of hydrogen-bond donors (Lipinski definition) is 0. The fraction of sp³-hybridized carbons (Fsp3) is 0.375. The molecule has 0 aliphatic carbocycles. The van der Waals surface area contributed by atoms with E-state index in [0.717, 1.165) is 16.0 Å². The smallest absolute Gasteiger partial charge is 0.332 e. The molecular weight excluding hydrogens is 310 g/mol. The largest absolute Gasteiger partial charge is 0.351 e. The van der Waals surface area contributed by atoms with E-state index in [1.165, 1.54) is 22.5 Å². The van der Waals surface area contributed by atoms with Gasteiger partial charge in [0.2, 0.25) is 0 Å². The Morgan fingerprint density at radius 2 is 1.75 bits per heavy atom. The highest BCUT2D eigenvalue weighted by Crippen LogP contribution is 2.15. The number of ketones is 1. The van der Waals surface area contributed by atoms with Crippen molar-refractivity contribution in [3.05, 3.63) is 50.2 Å². The molecule has 3 rings (SSSR count). The lowest BCUT2D eigenvalue weighted by Gasteiger charge is -2.06. The Morgan fingerprint density at radius 3 is 2.33 bits per heavy atom. The van der Waals surface area contributed by atoms with Gasteiger partial charge in [0.25, 0.3) is 5.56 Å². The molecule has 0 fully saturated rings. The Morgan fingerprint density at radius 1 is 1.08 bits per heavy atom. The standard InChI is InChI=1S/C16H19N5O3/c1-9-6-11(10(2)18(9)3)12(22)7-21-8-17-14-13(21)15(23)20(5)16(24)19(14)4/h6,8H,7H2,1-5H3. The maximum Gasteiger partial charge on any atom is 0.332 e. The van der Waals surface area contributed by atoms with Crippen LogP contribution >= 0.6 is 0 Å². The normalized spacial score (nSPS) is 11.4. The minimum absolute atomic E-state index is 0.00572. The van der Waals surface area contributed by atoms with Gasteiger partial charge in [0, 0.05) is 38.1 Å². The van der Waals surface area contributed by atoms with Crippen molar-refractivity contribution < 1.29 is 4.79 Å². The summed E-state index contributed by atoms with van der Waals surface area (Å²) >= 11 is 0. The molecule has 0 amide bonds. The fourth-order valence-electron chi connectivity index (χ4n) is 2.89. The molecule has 3 aromatic heterocycles. The van der Waals surface area contributed by atoms with Crippen molar-refractivity contribution in [2.45, 2.75) is 20.4 Å². The van der Waals surface area contributed by atoms with Crippen LogP contribution in [0.3, 0.4) is 0 Å². The molecule has 0 unspecified atom stereocenters. The van der Waals surface area contributed by atoms with Crippen molar-refractivity contribution in [3.63, 3.8) is 0 Å². The third-order valence-corrected chi connectivity index (χ3v) is 4.61. The zero-order chi connectivity index (χ0) is 17.8. The fourth-order valence-corrected chi connectivity index (χ4v) is 2.89. The summed E-state index contributed by atoms with van der Waals surface area (Å²) in [6, 6.07) is 1.84. The van der Waals surface area contributed by atoms with Crippen molar-refractivity contribution in [1.29, 1.82) is 0 Å². The number of hydrogen-bond acceptors (Lipinski definition) is 4.